The number of fused-ring (bicyclic) bond motifs is 1. The van der Waals surface area contributed by atoms with Crippen LogP contribution in [0.1, 0.15) is 11.3 Å². The summed E-state index contributed by atoms with van der Waals surface area (Å²) in [6.45, 7) is 1.89. The Morgan fingerprint density at radius 1 is 1.17 bits per heavy atom. The van der Waals surface area contributed by atoms with Crippen molar-refractivity contribution in [3.8, 4) is 0 Å². The largest absolute Gasteiger partial charge is 0.467 e. The van der Waals surface area contributed by atoms with Gasteiger partial charge in [-0.15, -0.1) is 5.10 Å². The van der Waals surface area contributed by atoms with Gasteiger partial charge < -0.3 is 9.73 Å². The first-order chi connectivity index (χ1) is 13.9. The molecule has 9 heteroatoms. The van der Waals surface area contributed by atoms with Crippen LogP contribution < -0.4 is 10.3 Å². The molecular weight excluding hydrogens is 397 g/mol. The number of nitrogens with zero attached hydrogens (tertiary/aromatic N) is 2. The standard InChI is InChI=1S/C20H16FN3O4S/c1-13-4-7-15(8-5-13)24-17-9-6-14(21)11-18(17)29(26,27)20(23-24)19(25)22-12-16-3-2-10-28-16/h2-11H,12H2,1H3,(H,22,25). The number of sulfone groups is 1. The van der Waals surface area contributed by atoms with Crippen LogP contribution in [0.15, 0.2) is 75.3 Å². The normalized spacial score (nSPS) is 14.8. The molecule has 2 aromatic carbocycles. The first-order valence-electron chi connectivity index (χ1n) is 8.67. The first-order valence-corrected chi connectivity index (χ1v) is 10.2. The number of amides is 1. The van der Waals surface area contributed by atoms with Crippen molar-refractivity contribution in [2.75, 3.05) is 5.01 Å². The van der Waals surface area contributed by atoms with Gasteiger partial charge in [0.2, 0.25) is 14.9 Å². The number of rotatable bonds is 4. The van der Waals surface area contributed by atoms with Gasteiger partial charge in [-0.1, -0.05) is 17.7 Å². The molecule has 0 fully saturated rings. The quantitative estimate of drug-likeness (QED) is 0.709. The second-order valence-corrected chi connectivity index (χ2v) is 8.26. The van der Waals surface area contributed by atoms with Gasteiger partial charge in [0, 0.05) is 0 Å². The lowest BCUT2D eigenvalue weighted by Crippen LogP contribution is -2.39. The predicted molar refractivity (Wildman–Crippen MR) is 105 cm³/mol. The summed E-state index contributed by atoms with van der Waals surface area (Å²) in [6, 6.07) is 13.8. The average molecular weight is 413 g/mol. The monoisotopic (exact) mass is 413 g/mol. The molecule has 0 aliphatic carbocycles. The SMILES string of the molecule is Cc1ccc(N2N=C(C(=O)NCc3ccco3)S(=O)(=O)c3cc(F)ccc32)cc1. The number of halogens is 1. The number of furan rings is 1. The van der Waals surface area contributed by atoms with Crippen LogP contribution in [-0.2, 0) is 21.2 Å². The Labute approximate surface area is 166 Å². The minimum Gasteiger partial charge on any atom is -0.467 e. The molecule has 148 valence electrons. The van der Waals surface area contributed by atoms with Crippen molar-refractivity contribution in [2.45, 2.75) is 18.4 Å². The smallest absolute Gasteiger partial charge is 0.284 e. The van der Waals surface area contributed by atoms with Crippen LogP contribution >= 0.6 is 0 Å². The molecule has 0 bridgehead atoms. The highest BCUT2D eigenvalue weighted by atomic mass is 32.2. The van der Waals surface area contributed by atoms with E-state index in [0.717, 1.165) is 17.7 Å². The summed E-state index contributed by atoms with van der Waals surface area (Å²) in [4.78, 5) is 12.3. The number of benzene rings is 2. The number of hydrogen-bond donors (Lipinski definition) is 1. The number of anilines is 2. The fourth-order valence-electron chi connectivity index (χ4n) is 2.89. The molecule has 7 nitrogen and oxygen atoms in total. The lowest BCUT2D eigenvalue weighted by Gasteiger charge is -2.27. The van der Waals surface area contributed by atoms with Crippen molar-refractivity contribution in [3.63, 3.8) is 0 Å². The Kier molecular flexibility index (Phi) is 4.67. The maximum Gasteiger partial charge on any atom is 0.284 e. The molecule has 3 aromatic rings. The van der Waals surface area contributed by atoms with Gasteiger partial charge >= 0.3 is 0 Å². The number of hydrazone groups is 1. The minimum absolute atomic E-state index is 0.0130. The van der Waals surface area contributed by atoms with E-state index in [4.69, 9.17) is 4.42 Å². The van der Waals surface area contributed by atoms with E-state index in [0.29, 0.717) is 11.4 Å². The van der Waals surface area contributed by atoms with Crippen molar-refractivity contribution < 1.29 is 22.0 Å². The molecule has 1 N–H and O–H groups in total. The maximum atomic E-state index is 13.8. The van der Waals surface area contributed by atoms with E-state index < -0.39 is 26.6 Å². The molecule has 0 radical (unpaired) electrons. The van der Waals surface area contributed by atoms with Gasteiger partial charge in [-0.2, -0.15) is 0 Å². The van der Waals surface area contributed by atoms with Gasteiger partial charge in [0.15, 0.2) is 0 Å². The van der Waals surface area contributed by atoms with E-state index in [-0.39, 0.29) is 17.1 Å². The summed E-state index contributed by atoms with van der Waals surface area (Å²) in [5.74, 6) is -1.18. The molecule has 0 atom stereocenters. The van der Waals surface area contributed by atoms with E-state index in [9.17, 15) is 17.6 Å². The number of carbonyl (C=O) groups is 1. The zero-order chi connectivity index (χ0) is 20.6. The molecule has 1 aliphatic heterocycles. The summed E-state index contributed by atoms with van der Waals surface area (Å²) in [5.41, 5.74) is 1.70. The lowest BCUT2D eigenvalue weighted by atomic mass is 10.2. The fraction of sp³-hybridized carbons (Fsp3) is 0.100. The predicted octanol–water partition coefficient (Wildman–Crippen LogP) is 3.28. The van der Waals surface area contributed by atoms with Crippen LogP contribution in [0, 0.1) is 12.7 Å². The molecule has 0 spiro atoms. The van der Waals surface area contributed by atoms with E-state index in [2.05, 4.69) is 10.4 Å². The molecule has 0 saturated heterocycles. The van der Waals surface area contributed by atoms with Crippen LogP contribution in [-0.4, -0.2) is 19.4 Å². The Morgan fingerprint density at radius 3 is 2.62 bits per heavy atom. The maximum absolute atomic E-state index is 13.8. The highest BCUT2D eigenvalue weighted by molar-refractivity contribution is 8.08. The van der Waals surface area contributed by atoms with Gasteiger partial charge in [0.05, 0.1) is 24.2 Å². The zero-order valence-electron chi connectivity index (χ0n) is 15.3. The van der Waals surface area contributed by atoms with E-state index in [1.165, 1.54) is 17.3 Å². The summed E-state index contributed by atoms with van der Waals surface area (Å²) in [6.07, 6.45) is 1.44. The van der Waals surface area contributed by atoms with Crippen LogP contribution in [0.5, 0.6) is 0 Å². The molecule has 2 heterocycles. The highest BCUT2D eigenvalue weighted by Crippen LogP contribution is 2.37. The topological polar surface area (TPSA) is 92.0 Å². The van der Waals surface area contributed by atoms with Crippen LogP contribution in [0.2, 0.25) is 0 Å². The third kappa shape index (κ3) is 3.52. The second-order valence-electron chi connectivity index (χ2n) is 6.43. The summed E-state index contributed by atoms with van der Waals surface area (Å²) < 4.78 is 44.9. The van der Waals surface area contributed by atoms with Crippen molar-refractivity contribution >= 4 is 32.2 Å². The molecule has 1 aliphatic rings. The van der Waals surface area contributed by atoms with Crippen molar-refractivity contribution in [2.24, 2.45) is 5.10 Å². The van der Waals surface area contributed by atoms with E-state index in [1.54, 1.807) is 24.3 Å². The van der Waals surface area contributed by atoms with Crippen molar-refractivity contribution in [1.29, 1.82) is 0 Å². The number of nitrogens with one attached hydrogen (secondary N) is 1. The van der Waals surface area contributed by atoms with Crippen molar-refractivity contribution in [3.05, 3.63) is 78.0 Å². The second kappa shape index (κ2) is 7.17. The van der Waals surface area contributed by atoms with Gasteiger partial charge in [-0.25, -0.2) is 17.8 Å². The number of hydrogen-bond acceptors (Lipinski definition) is 6. The Bertz CT molecular complexity index is 1200. The molecule has 1 amide bonds. The minimum atomic E-state index is -4.32. The van der Waals surface area contributed by atoms with Crippen LogP contribution in [0.25, 0.3) is 0 Å². The zero-order valence-corrected chi connectivity index (χ0v) is 16.1. The summed E-state index contributed by atoms with van der Waals surface area (Å²) in [7, 11) is -4.32. The molecule has 1 aromatic heterocycles. The Balaban J connectivity index is 1.78. The fourth-order valence-corrected chi connectivity index (χ4v) is 4.30. The van der Waals surface area contributed by atoms with Crippen LogP contribution in [0.4, 0.5) is 15.8 Å². The van der Waals surface area contributed by atoms with E-state index >= 15 is 0 Å². The van der Waals surface area contributed by atoms with Gasteiger partial charge in [-0.3, -0.25) is 4.79 Å². The first kappa shape index (κ1) is 18.9. The highest BCUT2D eigenvalue weighted by Gasteiger charge is 2.38. The van der Waals surface area contributed by atoms with Crippen LogP contribution in [0.3, 0.4) is 0 Å². The molecule has 0 unspecified atom stereocenters. The summed E-state index contributed by atoms with van der Waals surface area (Å²) in [5, 5.41) is 7.17. The Morgan fingerprint density at radius 2 is 1.93 bits per heavy atom. The van der Waals surface area contributed by atoms with Gasteiger partial charge in [0.25, 0.3) is 5.91 Å². The number of aryl methyl sites for hydroxylation is 1. The molecule has 0 saturated carbocycles. The molecule has 29 heavy (non-hydrogen) atoms. The molecule has 4 rings (SSSR count). The molecular formula is C20H16FN3O4S. The average Bonchev–Trinajstić information content (AvgIpc) is 3.21. The Hall–Kier alpha value is -3.46. The third-order valence-corrected chi connectivity index (χ3v) is 6.04. The van der Waals surface area contributed by atoms with Gasteiger partial charge in [0.1, 0.15) is 16.5 Å². The van der Waals surface area contributed by atoms with Gasteiger partial charge in [-0.05, 0) is 49.4 Å². The number of carbonyl (C=O) groups excluding carboxylic acids is 1. The summed E-state index contributed by atoms with van der Waals surface area (Å²) >= 11 is 0. The van der Waals surface area contributed by atoms with Crippen molar-refractivity contribution in [1.82, 2.24) is 5.32 Å². The van der Waals surface area contributed by atoms with E-state index in [1.807, 2.05) is 19.1 Å². The lowest BCUT2D eigenvalue weighted by molar-refractivity contribution is -0.114. The third-order valence-electron chi connectivity index (χ3n) is 4.36.